The summed E-state index contributed by atoms with van der Waals surface area (Å²) in [5, 5.41) is 9.52. The smallest absolute Gasteiger partial charge is 0.410 e. The monoisotopic (exact) mass is 155 g/mol. The van der Waals surface area contributed by atoms with Gasteiger partial charge in [-0.2, -0.15) is 0 Å². The highest BCUT2D eigenvalue weighted by Gasteiger charge is 1.92. The van der Waals surface area contributed by atoms with E-state index in [4.69, 9.17) is 16.7 Å². The minimum Gasteiger partial charge on any atom is -0.465 e. The van der Waals surface area contributed by atoms with Gasteiger partial charge in [0.05, 0.1) is 0 Å². The van der Waals surface area contributed by atoms with Crippen molar-refractivity contribution in [2.24, 2.45) is 0 Å². The highest BCUT2D eigenvalue weighted by atomic mass is 35.5. The lowest BCUT2D eigenvalue weighted by Crippen LogP contribution is -2.22. The van der Waals surface area contributed by atoms with Crippen molar-refractivity contribution >= 4 is 34.4 Å². The lowest BCUT2D eigenvalue weighted by Gasteiger charge is -1.87. The average Bonchev–Trinajstić information content (AvgIpc) is 1.27. The summed E-state index contributed by atoms with van der Waals surface area (Å²) in [4.78, 5) is 9.53. The molecule has 1 amide bonds. The molecule has 3 nitrogen and oxygen atoms in total. The first-order chi connectivity index (χ1) is 3.13. The number of carbonyl (C=O) groups is 1. The van der Waals surface area contributed by atoms with Crippen LogP contribution in [0, 0.1) is 0 Å². The molecule has 0 saturated carbocycles. The van der Waals surface area contributed by atoms with E-state index < -0.39 is 6.09 Å². The molecule has 0 rings (SSSR count). The molecule has 0 aliphatic rings. The van der Waals surface area contributed by atoms with Gasteiger partial charge in [-0.3, -0.25) is 5.32 Å². The number of rotatable bonds is 0. The van der Waals surface area contributed by atoms with Gasteiger partial charge in [-0.15, -0.1) is 0 Å². The first kappa shape index (κ1) is 10.6. The van der Waals surface area contributed by atoms with Crippen LogP contribution < -0.4 is 5.32 Å². The third-order valence-corrected chi connectivity index (χ3v) is 0.402. The second kappa shape index (κ2) is 4.80. The molecular weight excluding hydrogens is 150 g/mol. The second-order valence-corrected chi connectivity index (χ2v) is 1.71. The Labute approximate surface area is 57.6 Å². The SMILES string of the molecule is C.O=C(O)NC(=S)Cl. The summed E-state index contributed by atoms with van der Waals surface area (Å²) in [6.45, 7) is 0. The largest absolute Gasteiger partial charge is 0.465 e. The summed E-state index contributed by atoms with van der Waals surface area (Å²) in [6, 6.07) is 0. The van der Waals surface area contributed by atoms with E-state index in [0.717, 1.165) is 0 Å². The zero-order chi connectivity index (χ0) is 5.86. The highest BCUT2D eigenvalue weighted by Crippen LogP contribution is 1.75. The summed E-state index contributed by atoms with van der Waals surface area (Å²) >= 11 is 9.06. The third-order valence-electron chi connectivity index (χ3n) is 0.205. The maximum atomic E-state index is 9.53. The van der Waals surface area contributed by atoms with E-state index in [1.165, 1.54) is 0 Å². The van der Waals surface area contributed by atoms with Crippen LogP contribution in [0.3, 0.4) is 0 Å². The fraction of sp³-hybridized carbons (Fsp3) is 0.333. The molecule has 8 heavy (non-hydrogen) atoms. The topological polar surface area (TPSA) is 49.3 Å². The molecule has 0 radical (unpaired) electrons. The van der Waals surface area contributed by atoms with Crippen LogP contribution >= 0.6 is 23.8 Å². The van der Waals surface area contributed by atoms with Gasteiger partial charge in [0, 0.05) is 0 Å². The molecule has 0 aliphatic carbocycles. The first-order valence-corrected chi connectivity index (χ1v) is 2.11. The van der Waals surface area contributed by atoms with Crippen LogP contribution in [-0.2, 0) is 0 Å². The summed E-state index contributed by atoms with van der Waals surface area (Å²) in [5.74, 6) is 0. The lowest BCUT2D eigenvalue weighted by atomic mass is 11.1. The highest BCUT2D eigenvalue weighted by molar-refractivity contribution is 7.83. The van der Waals surface area contributed by atoms with E-state index in [2.05, 4.69) is 12.2 Å². The fourth-order valence-electron chi connectivity index (χ4n) is 0.0841. The molecule has 0 fully saturated rings. The van der Waals surface area contributed by atoms with E-state index >= 15 is 0 Å². The van der Waals surface area contributed by atoms with Crippen molar-refractivity contribution in [3.8, 4) is 0 Å². The quantitative estimate of drug-likeness (QED) is 0.316. The van der Waals surface area contributed by atoms with Crippen molar-refractivity contribution in [2.75, 3.05) is 0 Å². The van der Waals surface area contributed by atoms with Gasteiger partial charge < -0.3 is 5.11 Å². The number of thiocarbonyl (C=S) groups is 1. The van der Waals surface area contributed by atoms with Crippen LogP contribution in [0.15, 0.2) is 0 Å². The predicted molar refractivity (Wildman–Crippen MR) is 36.3 cm³/mol. The third kappa shape index (κ3) is 9.17. The van der Waals surface area contributed by atoms with Crippen LogP contribution in [0.1, 0.15) is 7.43 Å². The van der Waals surface area contributed by atoms with Gasteiger partial charge in [0.2, 0.25) is 0 Å². The van der Waals surface area contributed by atoms with Crippen LogP contribution in [0.2, 0.25) is 0 Å². The van der Waals surface area contributed by atoms with Gasteiger partial charge in [0.1, 0.15) is 0 Å². The van der Waals surface area contributed by atoms with Crippen molar-refractivity contribution in [2.45, 2.75) is 7.43 Å². The summed E-state index contributed by atoms with van der Waals surface area (Å²) < 4.78 is -0.257. The molecule has 48 valence electrons. The van der Waals surface area contributed by atoms with Crippen LogP contribution in [0.5, 0.6) is 0 Å². The molecule has 2 N–H and O–H groups in total. The standard InChI is InChI=1S/C2H2ClNO2S.CH4/c3-1(7)4-2(5)6;/h(H,4,7)(H,5,6);1H4. The molecule has 0 spiro atoms. The summed E-state index contributed by atoms with van der Waals surface area (Å²) in [7, 11) is 0. The van der Waals surface area contributed by atoms with Crippen LogP contribution in [-0.4, -0.2) is 15.6 Å². The van der Waals surface area contributed by atoms with Crippen molar-refractivity contribution in [3.63, 3.8) is 0 Å². The number of hydrogen-bond donors (Lipinski definition) is 2. The molecule has 5 heteroatoms. The molecule has 0 unspecified atom stereocenters. The predicted octanol–water partition coefficient (Wildman–Crippen LogP) is 1.41. The number of carboxylic acid groups (broad SMARTS) is 1. The van der Waals surface area contributed by atoms with Gasteiger partial charge in [0.25, 0.3) is 0 Å². The Morgan fingerprint density at radius 2 is 2.12 bits per heavy atom. The van der Waals surface area contributed by atoms with E-state index in [0.29, 0.717) is 0 Å². The molecule has 0 aliphatic heterocycles. The van der Waals surface area contributed by atoms with Crippen molar-refractivity contribution in [1.29, 1.82) is 0 Å². The van der Waals surface area contributed by atoms with E-state index in [1.54, 1.807) is 5.32 Å². The Bertz CT molecular complexity index is 93.5. The Hall–Kier alpha value is -0.350. The van der Waals surface area contributed by atoms with Gasteiger partial charge in [0.15, 0.2) is 4.45 Å². The van der Waals surface area contributed by atoms with Gasteiger partial charge in [-0.05, 0) is 12.2 Å². The normalized spacial score (nSPS) is 6.62. The molecule has 0 aromatic carbocycles. The summed E-state index contributed by atoms with van der Waals surface area (Å²) in [6.07, 6.45) is -1.24. The van der Waals surface area contributed by atoms with E-state index in [1.807, 2.05) is 0 Å². The Kier molecular flexibility index (Phi) is 6.36. The summed E-state index contributed by atoms with van der Waals surface area (Å²) in [5.41, 5.74) is 0. The second-order valence-electron chi connectivity index (χ2n) is 0.704. The van der Waals surface area contributed by atoms with Crippen molar-refractivity contribution in [1.82, 2.24) is 5.32 Å². The van der Waals surface area contributed by atoms with Gasteiger partial charge >= 0.3 is 6.09 Å². The molecule has 0 atom stereocenters. The molecule has 0 aromatic rings. The van der Waals surface area contributed by atoms with Crippen molar-refractivity contribution < 1.29 is 9.90 Å². The van der Waals surface area contributed by atoms with Gasteiger partial charge in [-0.1, -0.05) is 19.0 Å². The van der Waals surface area contributed by atoms with Gasteiger partial charge in [-0.25, -0.2) is 4.79 Å². The van der Waals surface area contributed by atoms with Crippen LogP contribution in [0.25, 0.3) is 0 Å². The van der Waals surface area contributed by atoms with Crippen LogP contribution in [0.4, 0.5) is 4.79 Å². The number of nitrogens with one attached hydrogen (secondary N) is 1. The number of amides is 1. The van der Waals surface area contributed by atoms with E-state index in [-0.39, 0.29) is 11.9 Å². The Balaban J connectivity index is 0. The van der Waals surface area contributed by atoms with E-state index in [9.17, 15) is 4.79 Å². The molecule has 0 heterocycles. The minimum atomic E-state index is -1.24. The average molecular weight is 156 g/mol. The minimum absolute atomic E-state index is 0. The zero-order valence-electron chi connectivity index (χ0n) is 3.14. The Morgan fingerprint density at radius 3 is 2.12 bits per heavy atom. The maximum absolute atomic E-state index is 9.53. The fourth-order valence-corrected chi connectivity index (χ4v) is 0.252. The maximum Gasteiger partial charge on any atom is 0.410 e. The zero-order valence-corrected chi connectivity index (χ0v) is 4.71. The number of halogens is 1. The molecular formula is C3H6ClNO2S. The molecule has 0 aromatic heterocycles. The number of hydrogen-bond acceptors (Lipinski definition) is 2. The molecule has 0 saturated heterocycles. The Morgan fingerprint density at radius 1 is 1.75 bits per heavy atom. The lowest BCUT2D eigenvalue weighted by molar-refractivity contribution is 0.200. The first-order valence-electron chi connectivity index (χ1n) is 1.32. The van der Waals surface area contributed by atoms with Crippen molar-refractivity contribution in [3.05, 3.63) is 0 Å². The molecule has 0 bridgehead atoms.